The van der Waals surface area contributed by atoms with Crippen molar-refractivity contribution < 1.29 is 8.42 Å². The number of hydrogen-bond acceptors (Lipinski definition) is 3. The van der Waals surface area contributed by atoms with E-state index in [1.807, 2.05) is 0 Å². The van der Waals surface area contributed by atoms with Gasteiger partial charge in [-0.25, -0.2) is 8.42 Å². The fraction of sp³-hybridized carbons (Fsp3) is 0.300. The van der Waals surface area contributed by atoms with Crippen LogP contribution in [-0.4, -0.2) is 14.2 Å². The van der Waals surface area contributed by atoms with Crippen molar-refractivity contribution >= 4 is 33.0 Å². The number of benzene rings is 1. The van der Waals surface area contributed by atoms with Gasteiger partial charge in [0.1, 0.15) is 0 Å². The summed E-state index contributed by atoms with van der Waals surface area (Å²) in [4.78, 5) is 0. The standard InChI is InChI=1S/C10H9Cl2NO2S/c11-9-3-1-4-10(12)8(9)7-16(14,15)6-2-5-13/h1,3-4H,2,6-7H2. The quantitative estimate of drug-likeness (QED) is 0.850. The van der Waals surface area contributed by atoms with E-state index >= 15 is 0 Å². The molecule has 1 rings (SSSR count). The smallest absolute Gasteiger partial charge is 0.155 e. The van der Waals surface area contributed by atoms with Crippen LogP contribution < -0.4 is 0 Å². The zero-order valence-corrected chi connectivity index (χ0v) is 10.6. The second-order valence-electron chi connectivity index (χ2n) is 3.20. The number of hydrogen-bond donors (Lipinski definition) is 0. The van der Waals surface area contributed by atoms with Gasteiger partial charge in [-0.15, -0.1) is 0 Å². The minimum absolute atomic E-state index is 0.0234. The lowest BCUT2D eigenvalue weighted by molar-refractivity contribution is 0.595. The Balaban J connectivity index is 2.93. The predicted molar refractivity (Wildman–Crippen MR) is 64.2 cm³/mol. The molecule has 0 aliphatic carbocycles. The number of sulfone groups is 1. The summed E-state index contributed by atoms with van der Waals surface area (Å²) in [7, 11) is -3.33. The van der Waals surface area contributed by atoms with Gasteiger partial charge in [0.2, 0.25) is 0 Å². The molecule has 0 radical (unpaired) electrons. The van der Waals surface area contributed by atoms with Crippen molar-refractivity contribution in [3.63, 3.8) is 0 Å². The second-order valence-corrected chi connectivity index (χ2v) is 6.20. The molecule has 86 valence electrons. The van der Waals surface area contributed by atoms with Crippen LogP contribution >= 0.6 is 23.2 Å². The predicted octanol–water partition coefficient (Wildman–Crippen LogP) is 2.82. The summed E-state index contributed by atoms with van der Waals surface area (Å²) in [6.07, 6.45) is -0.0234. The Kier molecular flexibility index (Phi) is 4.60. The molecule has 0 saturated carbocycles. The lowest BCUT2D eigenvalue weighted by atomic mass is 10.2. The molecule has 0 bridgehead atoms. The summed E-state index contributed by atoms with van der Waals surface area (Å²) in [5.74, 6) is -0.405. The van der Waals surface area contributed by atoms with Crippen LogP contribution in [-0.2, 0) is 15.6 Å². The first kappa shape index (κ1) is 13.3. The highest BCUT2D eigenvalue weighted by molar-refractivity contribution is 7.90. The molecule has 1 aromatic carbocycles. The van der Waals surface area contributed by atoms with Gasteiger partial charge in [-0.05, 0) is 12.1 Å². The molecule has 0 aliphatic heterocycles. The van der Waals surface area contributed by atoms with E-state index in [9.17, 15) is 8.42 Å². The highest BCUT2D eigenvalue weighted by Gasteiger charge is 2.16. The topological polar surface area (TPSA) is 57.9 Å². The van der Waals surface area contributed by atoms with Crippen molar-refractivity contribution in [1.29, 1.82) is 5.26 Å². The van der Waals surface area contributed by atoms with Gasteiger partial charge < -0.3 is 0 Å². The third-order valence-electron chi connectivity index (χ3n) is 1.95. The van der Waals surface area contributed by atoms with E-state index in [0.717, 1.165) is 0 Å². The molecule has 16 heavy (non-hydrogen) atoms. The minimum atomic E-state index is -3.33. The molecule has 0 atom stereocenters. The van der Waals surface area contributed by atoms with E-state index in [4.69, 9.17) is 28.5 Å². The van der Waals surface area contributed by atoms with Crippen LogP contribution in [0.15, 0.2) is 18.2 Å². The molecule has 0 spiro atoms. The molecule has 0 aromatic heterocycles. The van der Waals surface area contributed by atoms with Gasteiger partial charge in [-0.1, -0.05) is 29.3 Å². The average Bonchev–Trinajstić information content (AvgIpc) is 2.21. The Labute approximate surface area is 105 Å². The van der Waals surface area contributed by atoms with Crippen molar-refractivity contribution in [3.05, 3.63) is 33.8 Å². The van der Waals surface area contributed by atoms with E-state index in [-0.39, 0.29) is 17.9 Å². The van der Waals surface area contributed by atoms with E-state index in [2.05, 4.69) is 0 Å². The molecular weight excluding hydrogens is 269 g/mol. The van der Waals surface area contributed by atoms with Crippen molar-refractivity contribution in [2.24, 2.45) is 0 Å². The van der Waals surface area contributed by atoms with Crippen molar-refractivity contribution in [3.8, 4) is 6.07 Å². The van der Waals surface area contributed by atoms with E-state index < -0.39 is 9.84 Å². The maximum Gasteiger partial charge on any atom is 0.155 e. The van der Waals surface area contributed by atoms with Crippen LogP contribution in [0.4, 0.5) is 0 Å². The summed E-state index contributed by atoms with van der Waals surface area (Å²) in [6.45, 7) is 0. The molecule has 0 saturated heterocycles. The highest BCUT2D eigenvalue weighted by Crippen LogP contribution is 2.26. The SMILES string of the molecule is N#CCCS(=O)(=O)Cc1c(Cl)cccc1Cl. The first-order valence-electron chi connectivity index (χ1n) is 4.46. The Bertz CT molecular complexity index is 500. The summed E-state index contributed by atoms with van der Waals surface area (Å²) in [5.41, 5.74) is 0.392. The van der Waals surface area contributed by atoms with E-state index in [1.54, 1.807) is 24.3 Å². The van der Waals surface area contributed by atoms with Gasteiger partial charge in [-0.3, -0.25) is 0 Å². The van der Waals surface area contributed by atoms with Gasteiger partial charge in [0, 0.05) is 22.0 Å². The third kappa shape index (κ3) is 3.67. The van der Waals surface area contributed by atoms with Gasteiger partial charge in [0.25, 0.3) is 0 Å². The molecule has 0 aliphatic rings. The second kappa shape index (κ2) is 5.53. The van der Waals surface area contributed by atoms with Gasteiger partial charge in [-0.2, -0.15) is 5.26 Å². The van der Waals surface area contributed by atoms with Gasteiger partial charge in [0.15, 0.2) is 9.84 Å². The average molecular weight is 278 g/mol. The molecule has 3 nitrogen and oxygen atoms in total. The molecule has 0 unspecified atom stereocenters. The molecule has 0 amide bonds. The van der Waals surface area contributed by atoms with Crippen LogP contribution in [0.2, 0.25) is 10.0 Å². The fourth-order valence-electron chi connectivity index (χ4n) is 1.16. The first-order valence-corrected chi connectivity index (χ1v) is 7.04. The number of rotatable bonds is 4. The van der Waals surface area contributed by atoms with Gasteiger partial charge >= 0.3 is 0 Å². The van der Waals surface area contributed by atoms with E-state index in [0.29, 0.717) is 15.6 Å². The molecule has 0 fully saturated rings. The van der Waals surface area contributed by atoms with Gasteiger partial charge in [0.05, 0.1) is 17.6 Å². The summed E-state index contributed by atoms with van der Waals surface area (Å²) in [5, 5.41) is 8.99. The first-order chi connectivity index (χ1) is 7.46. The number of halogens is 2. The van der Waals surface area contributed by atoms with Crippen molar-refractivity contribution in [2.75, 3.05) is 5.75 Å². The Morgan fingerprint density at radius 2 is 1.81 bits per heavy atom. The molecular formula is C10H9Cl2NO2S. The lowest BCUT2D eigenvalue weighted by Crippen LogP contribution is -2.09. The third-order valence-corrected chi connectivity index (χ3v) is 4.21. The van der Waals surface area contributed by atoms with Crippen LogP contribution in [0.5, 0.6) is 0 Å². The molecule has 0 heterocycles. The maximum absolute atomic E-state index is 11.6. The largest absolute Gasteiger partial charge is 0.228 e. The number of nitriles is 1. The highest BCUT2D eigenvalue weighted by atomic mass is 35.5. The van der Waals surface area contributed by atoms with E-state index in [1.165, 1.54) is 0 Å². The van der Waals surface area contributed by atoms with Crippen molar-refractivity contribution in [1.82, 2.24) is 0 Å². The van der Waals surface area contributed by atoms with Crippen LogP contribution in [0.25, 0.3) is 0 Å². The summed E-state index contributed by atoms with van der Waals surface area (Å²) in [6, 6.07) is 6.61. The number of nitrogens with zero attached hydrogens (tertiary/aromatic N) is 1. The zero-order valence-electron chi connectivity index (χ0n) is 8.28. The maximum atomic E-state index is 11.6. The molecule has 1 aromatic rings. The minimum Gasteiger partial charge on any atom is -0.228 e. The van der Waals surface area contributed by atoms with Crippen molar-refractivity contribution in [2.45, 2.75) is 12.2 Å². The lowest BCUT2D eigenvalue weighted by Gasteiger charge is -2.06. The molecule has 6 heteroatoms. The summed E-state index contributed by atoms with van der Waals surface area (Å²) < 4.78 is 23.2. The monoisotopic (exact) mass is 277 g/mol. The Morgan fingerprint density at radius 3 is 2.31 bits per heavy atom. The zero-order chi connectivity index (χ0) is 12.2. The summed E-state index contributed by atoms with van der Waals surface area (Å²) >= 11 is 11.7. The molecule has 0 N–H and O–H groups in total. The fourth-order valence-corrected chi connectivity index (χ4v) is 3.15. The van der Waals surface area contributed by atoms with Crippen LogP contribution in [0.3, 0.4) is 0 Å². The normalized spacial score (nSPS) is 11.1. The van der Waals surface area contributed by atoms with Crippen LogP contribution in [0.1, 0.15) is 12.0 Å². The Morgan fingerprint density at radius 1 is 1.25 bits per heavy atom. The Hall–Kier alpha value is -0.760. The van der Waals surface area contributed by atoms with Crippen LogP contribution in [0, 0.1) is 11.3 Å².